The van der Waals surface area contributed by atoms with Gasteiger partial charge in [0.05, 0.1) is 4.90 Å². The van der Waals surface area contributed by atoms with Gasteiger partial charge in [0.25, 0.3) is 0 Å². The molecule has 0 saturated heterocycles. The maximum absolute atomic E-state index is 13.3. The summed E-state index contributed by atoms with van der Waals surface area (Å²) >= 11 is -0.418. The molecule has 78 valence electrons. The van der Waals surface area contributed by atoms with Crippen LogP contribution in [-0.2, 0) is 6.42 Å². The van der Waals surface area contributed by atoms with Gasteiger partial charge in [-0.2, -0.15) is 13.2 Å². The Balaban J connectivity index is 2.98. The number of thioether (sulfide) groups is 1. The summed E-state index contributed by atoms with van der Waals surface area (Å²) in [4.78, 5) is -0.364. The number of aryl methyl sites for hydroxylation is 1. The molecule has 0 radical (unpaired) electrons. The molecule has 0 N–H and O–H groups in total. The monoisotopic (exact) mass is 224 g/mol. The van der Waals surface area contributed by atoms with E-state index in [0.29, 0.717) is 12.0 Å². The molecule has 0 aromatic heterocycles. The predicted molar refractivity (Wildman–Crippen MR) is 47.7 cm³/mol. The standard InChI is InChI=1S/C9H8F4S/c1-2-6-4-3-5-7(8(6)10)14-9(11,12)13/h3-5H,2H2,1H3. The van der Waals surface area contributed by atoms with E-state index in [1.165, 1.54) is 12.1 Å². The molecular weight excluding hydrogens is 216 g/mol. The SMILES string of the molecule is CCc1cccc(SC(F)(F)F)c1F. The Morgan fingerprint density at radius 2 is 1.93 bits per heavy atom. The summed E-state index contributed by atoms with van der Waals surface area (Å²) in [7, 11) is 0. The minimum atomic E-state index is -4.44. The van der Waals surface area contributed by atoms with Crippen molar-refractivity contribution in [3.63, 3.8) is 0 Å². The van der Waals surface area contributed by atoms with Gasteiger partial charge in [-0.05, 0) is 29.8 Å². The quantitative estimate of drug-likeness (QED) is 0.540. The van der Waals surface area contributed by atoms with E-state index in [9.17, 15) is 17.6 Å². The fourth-order valence-corrected chi connectivity index (χ4v) is 1.65. The van der Waals surface area contributed by atoms with Crippen LogP contribution in [0.15, 0.2) is 23.1 Å². The van der Waals surface area contributed by atoms with Crippen molar-refractivity contribution in [3.8, 4) is 0 Å². The lowest BCUT2D eigenvalue weighted by atomic mass is 10.2. The highest BCUT2D eigenvalue weighted by atomic mass is 32.2. The molecule has 0 nitrogen and oxygen atoms in total. The number of benzene rings is 1. The fourth-order valence-electron chi connectivity index (χ4n) is 1.03. The zero-order valence-electron chi connectivity index (χ0n) is 7.36. The molecular formula is C9H8F4S. The lowest BCUT2D eigenvalue weighted by Gasteiger charge is -2.08. The van der Waals surface area contributed by atoms with Crippen molar-refractivity contribution in [3.05, 3.63) is 29.6 Å². The van der Waals surface area contributed by atoms with Crippen molar-refractivity contribution in [2.45, 2.75) is 23.7 Å². The zero-order valence-corrected chi connectivity index (χ0v) is 8.18. The van der Waals surface area contributed by atoms with Gasteiger partial charge in [0.2, 0.25) is 0 Å². The highest BCUT2D eigenvalue weighted by Crippen LogP contribution is 2.38. The third-order valence-corrected chi connectivity index (χ3v) is 2.42. The molecule has 0 aliphatic rings. The average molecular weight is 224 g/mol. The number of hydrogen-bond acceptors (Lipinski definition) is 1. The van der Waals surface area contributed by atoms with Gasteiger partial charge >= 0.3 is 5.51 Å². The Kier molecular flexibility index (Phi) is 3.42. The van der Waals surface area contributed by atoms with Crippen LogP contribution < -0.4 is 0 Å². The first-order valence-electron chi connectivity index (χ1n) is 3.97. The van der Waals surface area contributed by atoms with Crippen LogP contribution in [0, 0.1) is 5.82 Å². The number of hydrogen-bond donors (Lipinski definition) is 0. The van der Waals surface area contributed by atoms with Crippen LogP contribution in [0.5, 0.6) is 0 Å². The molecule has 0 fully saturated rings. The predicted octanol–water partition coefficient (Wildman–Crippen LogP) is 4.00. The van der Waals surface area contributed by atoms with Gasteiger partial charge in [-0.15, -0.1) is 0 Å². The molecule has 1 rings (SSSR count). The van der Waals surface area contributed by atoms with E-state index in [0.717, 1.165) is 6.07 Å². The van der Waals surface area contributed by atoms with Gasteiger partial charge in [-0.25, -0.2) is 4.39 Å². The minimum absolute atomic E-state index is 0.305. The van der Waals surface area contributed by atoms with E-state index in [1.807, 2.05) is 0 Å². The summed E-state index contributed by atoms with van der Waals surface area (Å²) in [6.07, 6.45) is 0.387. The number of rotatable bonds is 2. The molecule has 0 unspecified atom stereocenters. The Morgan fingerprint density at radius 3 is 2.43 bits per heavy atom. The first-order valence-corrected chi connectivity index (χ1v) is 4.79. The van der Waals surface area contributed by atoms with Crippen LogP contribution in [0.1, 0.15) is 12.5 Å². The van der Waals surface area contributed by atoms with E-state index in [4.69, 9.17) is 0 Å². The second kappa shape index (κ2) is 4.21. The Morgan fingerprint density at radius 1 is 1.29 bits per heavy atom. The second-order valence-corrected chi connectivity index (χ2v) is 3.74. The Bertz CT molecular complexity index is 319. The molecule has 0 bridgehead atoms. The molecule has 0 aliphatic heterocycles. The molecule has 0 saturated carbocycles. The van der Waals surface area contributed by atoms with Crippen molar-refractivity contribution >= 4 is 11.8 Å². The van der Waals surface area contributed by atoms with Crippen LogP contribution in [0.25, 0.3) is 0 Å². The smallest absolute Gasteiger partial charge is 0.205 e. The normalized spacial score (nSPS) is 11.8. The molecule has 0 spiro atoms. The molecule has 0 heterocycles. The summed E-state index contributed by atoms with van der Waals surface area (Å²) in [5, 5.41) is 0. The van der Waals surface area contributed by atoms with Crippen LogP contribution in [0.3, 0.4) is 0 Å². The molecule has 0 amide bonds. The third kappa shape index (κ3) is 2.90. The lowest BCUT2D eigenvalue weighted by molar-refractivity contribution is -0.0329. The Hall–Kier alpha value is -0.710. The highest BCUT2D eigenvalue weighted by molar-refractivity contribution is 8.00. The van der Waals surface area contributed by atoms with Crippen molar-refractivity contribution < 1.29 is 17.6 Å². The number of alkyl halides is 3. The third-order valence-electron chi connectivity index (χ3n) is 1.65. The van der Waals surface area contributed by atoms with Crippen molar-refractivity contribution in [2.24, 2.45) is 0 Å². The first kappa shape index (κ1) is 11.4. The maximum atomic E-state index is 13.3. The van der Waals surface area contributed by atoms with Gasteiger partial charge in [0.15, 0.2) is 0 Å². The van der Waals surface area contributed by atoms with Gasteiger partial charge in [-0.3, -0.25) is 0 Å². The van der Waals surface area contributed by atoms with E-state index in [-0.39, 0.29) is 4.90 Å². The van der Waals surface area contributed by atoms with Crippen molar-refractivity contribution in [2.75, 3.05) is 0 Å². The van der Waals surface area contributed by atoms with Gasteiger partial charge in [0.1, 0.15) is 5.82 Å². The van der Waals surface area contributed by atoms with Crippen LogP contribution >= 0.6 is 11.8 Å². The summed E-state index contributed by atoms with van der Waals surface area (Å²) in [6.45, 7) is 1.69. The van der Waals surface area contributed by atoms with Gasteiger partial charge in [-0.1, -0.05) is 19.1 Å². The van der Waals surface area contributed by atoms with E-state index in [1.54, 1.807) is 6.92 Å². The molecule has 1 aromatic carbocycles. The van der Waals surface area contributed by atoms with E-state index >= 15 is 0 Å². The number of halogens is 4. The minimum Gasteiger partial charge on any atom is -0.205 e. The topological polar surface area (TPSA) is 0 Å². The van der Waals surface area contributed by atoms with Crippen molar-refractivity contribution in [1.29, 1.82) is 0 Å². The van der Waals surface area contributed by atoms with Gasteiger partial charge in [0, 0.05) is 0 Å². The summed E-state index contributed by atoms with van der Waals surface area (Å²) < 4.78 is 49.1. The largest absolute Gasteiger partial charge is 0.446 e. The maximum Gasteiger partial charge on any atom is 0.446 e. The highest BCUT2D eigenvalue weighted by Gasteiger charge is 2.30. The van der Waals surface area contributed by atoms with Crippen LogP contribution in [-0.4, -0.2) is 5.51 Å². The van der Waals surface area contributed by atoms with E-state index < -0.39 is 23.1 Å². The Labute approximate surface area is 83.3 Å². The molecule has 5 heteroatoms. The molecule has 0 atom stereocenters. The second-order valence-electron chi connectivity index (χ2n) is 2.63. The average Bonchev–Trinajstić information content (AvgIpc) is 2.06. The summed E-state index contributed by atoms with van der Waals surface area (Å²) in [6, 6.07) is 4.04. The summed E-state index contributed by atoms with van der Waals surface area (Å²) in [5.41, 5.74) is -4.13. The lowest BCUT2D eigenvalue weighted by Crippen LogP contribution is -2.01. The fraction of sp³-hybridized carbons (Fsp3) is 0.333. The summed E-state index contributed by atoms with van der Waals surface area (Å²) in [5.74, 6) is -0.766. The van der Waals surface area contributed by atoms with Crippen LogP contribution in [0.4, 0.5) is 17.6 Å². The van der Waals surface area contributed by atoms with Gasteiger partial charge < -0.3 is 0 Å². The molecule has 0 aliphatic carbocycles. The molecule has 14 heavy (non-hydrogen) atoms. The molecule has 1 aromatic rings. The van der Waals surface area contributed by atoms with E-state index in [2.05, 4.69) is 0 Å². The zero-order chi connectivity index (χ0) is 10.8. The first-order chi connectivity index (χ1) is 6.44. The van der Waals surface area contributed by atoms with Crippen LogP contribution in [0.2, 0.25) is 0 Å². The van der Waals surface area contributed by atoms with Crippen molar-refractivity contribution in [1.82, 2.24) is 0 Å².